The summed E-state index contributed by atoms with van der Waals surface area (Å²) in [5.74, 6) is 0. The average molecular weight is 298 g/mol. The van der Waals surface area contributed by atoms with Crippen molar-refractivity contribution in [1.82, 2.24) is 5.32 Å². The molecule has 0 amide bonds. The maximum absolute atomic E-state index is 10.1. The van der Waals surface area contributed by atoms with E-state index < -0.39 is 7.82 Å². The fourth-order valence-corrected chi connectivity index (χ4v) is 1.50. The second-order valence-corrected chi connectivity index (χ2v) is 5.13. The summed E-state index contributed by atoms with van der Waals surface area (Å²) in [4.78, 5) is 18.3. The molecule has 2 N–H and O–H groups in total. The van der Waals surface area contributed by atoms with E-state index in [1.807, 2.05) is 0 Å². The van der Waals surface area contributed by atoms with Crippen LogP contribution in [0.5, 0.6) is 0 Å². The minimum atomic E-state index is -4.56. The van der Waals surface area contributed by atoms with Gasteiger partial charge in [0.05, 0.1) is 13.2 Å². The number of unbranched alkanes of at least 4 members (excludes halogenated alkanes) is 3. The van der Waals surface area contributed by atoms with E-state index in [1.165, 1.54) is 12.8 Å². The Bertz CT molecular complexity index is 208. The monoisotopic (exact) mass is 298 g/mol. The van der Waals surface area contributed by atoms with Gasteiger partial charge in [0.25, 0.3) is 7.82 Å². The van der Waals surface area contributed by atoms with Crippen LogP contribution in [0.3, 0.4) is 0 Å². The molecule has 0 spiro atoms. The van der Waals surface area contributed by atoms with Gasteiger partial charge in [0.1, 0.15) is 0 Å². The van der Waals surface area contributed by atoms with Gasteiger partial charge in [-0.25, -0.2) is 0 Å². The van der Waals surface area contributed by atoms with Crippen LogP contribution in [-0.4, -0.2) is 37.8 Å². The minimum absolute atomic E-state index is 0.120. The normalized spacial score (nSPS) is 13.5. The molecule has 0 fully saturated rings. The van der Waals surface area contributed by atoms with Crippen molar-refractivity contribution in [3.05, 3.63) is 0 Å². The smallest absolute Gasteiger partial charge is 0.265 e. The lowest BCUT2D eigenvalue weighted by atomic mass is 10.2. The zero-order valence-corrected chi connectivity index (χ0v) is 13.3. The van der Waals surface area contributed by atoms with Crippen molar-refractivity contribution < 1.29 is 23.6 Å². The van der Waals surface area contributed by atoms with Gasteiger partial charge in [-0.15, -0.1) is 0 Å². The van der Waals surface area contributed by atoms with Crippen LogP contribution >= 0.6 is 7.82 Å². The van der Waals surface area contributed by atoms with Crippen LogP contribution in [0.1, 0.15) is 46.5 Å². The lowest BCUT2D eigenvalue weighted by Crippen LogP contribution is -2.09. The van der Waals surface area contributed by atoms with Gasteiger partial charge in [-0.2, -0.15) is 0 Å². The highest BCUT2D eigenvalue weighted by Gasteiger charge is 2.00. The summed E-state index contributed by atoms with van der Waals surface area (Å²) in [5.41, 5.74) is 0. The van der Waals surface area contributed by atoms with E-state index in [1.54, 1.807) is 0 Å². The van der Waals surface area contributed by atoms with Crippen molar-refractivity contribution in [1.29, 1.82) is 0 Å². The highest BCUT2D eigenvalue weighted by molar-refractivity contribution is 7.44. The second-order valence-electron chi connectivity index (χ2n) is 3.93. The first kappa shape index (κ1) is 21.3. The maximum Gasteiger partial charge on any atom is 0.265 e. The van der Waals surface area contributed by atoms with Gasteiger partial charge in [0, 0.05) is 6.61 Å². The SMILES string of the molecule is CCCCCCOCCOP(=O)([O-])O.CCNCC. The Balaban J connectivity index is 0. The van der Waals surface area contributed by atoms with Gasteiger partial charge in [0.2, 0.25) is 0 Å². The Morgan fingerprint density at radius 1 is 1.05 bits per heavy atom. The maximum atomic E-state index is 10.1. The molecule has 0 aliphatic rings. The number of hydrogen-bond donors (Lipinski definition) is 2. The molecule has 0 aromatic carbocycles. The van der Waals surface area contributed by atoms with Crippen LogP contribution in [0.25, 0.3) is 0 Å². The van der Waals surface area contributed by atoms with Crippen molar-refractivity contribution in [2.24, 2.45) is 0 Å². The predicted octanol–water partition coefficient (Wildman–Crippen LogP) is 1.68. The van der Waals surface area contributed by atoms with Gasteiger partial charge in [0.15, 0.2) is 0 Å². The Morgan fingerprint density at radius 2 is 1.68 bits per heavy atom. The molecule has 0 rings (SSSR count). The molecule has 0 saturated heterocycles. The standard InChI is InChI=1S/C8H19O5P.C4H11N/c1-2-3-4-5-6-12-7-8-13-14(9,10)11;1-3-5-4-2/h2-8H2,1H3,(H2,9,10,11);5H,3-4H2,1-2H3/p-1. The van der Waals surface area contributed by atoms with E-state index in [0.717, 1.165) is 25.9 Å². The summed E-state index contributed by atoms with van der Waals surface area (Å²) in [6.45, 7) is 9.20. The van der Waals surface area contributed by atoms with Crippen LogP contribution in [0, 0.1) is 0 Å². The third-order valence-corrected chi connectivity index (χ3v) is 2.63. The van der Waals surface area contributed by atoms with Crippen LogP contribution in [0.15, 0.2) is 0 Å². The molecule has 6 nitrogen and oxygen atoms in total. The van der Waals surface area contributed by atoms with Gasteiger partial charge in [-0.1, -0.05) is 40.0 Å². The minimum Gasteiger partial charge on any atom is -0.756 e. The van der Waals surface area contributed by atoms with Crippen molar-refractivity contribution in [2.75, 3.05) is 32.9 Å². The Morgan fingerprint density at radius 3 is 2.11 bits per heavy atom. The molecule has 0 radical (unpaired) electrons. The largest absolute Gasteiger partial charge is 0.756 e. The van der Waals surface area contributed by atoms with Gasteiger partial charge >= 0.3 is 0 Å². The van der Waals surface area contributed by atoms with Crippen molar-refractivity contribution >= 4 is 7.82 Å². The van der Waals surface area contributed by atoms with Gasteiger partial charge < -0.3 is 24.4 Å². The van der Waals surface area contributed by atoms with E-state index in [0.29, 0.717) is 6.61 Å². The molecule has 0 aliphatic carbocycles. The van der Waals surface area contributed by atoms with E-state index in [-0.39, 0.29) is 13.2 Å². The van der Waals surface area contributed by atoms with Gasteiger partial charge in [-0.3, -0.25) is 4.57 Å². The summed E-state index contributed by atoms with van der Waals surface area (Å²) in [6, 6.07) is 0. The molecule has 0 aromatic rings. The number of phosphoric ester groups is 1. The first-order valence-electron chi connectivity index (χ1n) is 6.94. The zero-order chi connectivity index (χ0) is 15.0. The molecule has 118 valence electrons. The lowest BCUT2D eigenvalue weighted by molar-refractivity contribution is -0.220. The molecule has 0 heterocycles. The predicted molar refractivity (Wildman–Crippen MR) is 75.0 cm³/mol. The summed E-state index contributed by atoms with van der Waals surface area (Å²) in [5, 5.41) is 3.11. The van der Waals surface area contributed by atoms with Crippen molar-refractivity contribution in [2.45, 2.75) is 46.5 Å². The molecule has 19 heavy (non-hydrogen) atoms. The van der Waals surface area contributed by atoms with E-state index >= 15 is 0 Å². The summed E-state index contributed by atoms with van der Waals surface area (Å²) in [6.07, 6.45) is 4.46. The number of phosphoric acid groups is 1. The lowest BCUT2D eigenvalue weighted by Gasteiger charge is -2.15. The van der Waals surface area contributed by atoms with Crippen LogP contribution in [0.2, 0.25) is 0 Å². The quantitative estimate of drug-likeness (QED) is 0.445. The number of nitrogens with one attached hydrogen (secondary N) is 1. The van der Waals surface area contributed by atoms with Crippen LogP contribution in [0.4, 0.5) is 0 Å². The molecule has 0 saturated carbocycles. The third-order valence-electron chi connectivity index (χ3n) is 2.12. The van der Waals surface area contributed by atoms with E-state index in [4.69, 9.17) is 9.63 Å². The van der Waals surface area contributed by atoms with Crippen molar-refractivity contribution in [3.63, 3.8) is 0 Å². The summed E-state index contributed by atoms with van der Waals surface area (Å²) < 4.78 is 19.3. The Labute approximate surface area is 117 Å². The van der Waals surface area contributed by atoms with Crippen molar-refractivity contribution in [3.8, 4) is 0 Å². The molecule has 0 aliphatic heterocycles. The molecule has 1 unspecified atom stereocenters. The number of hydrogen-bond acceptors (Lipinski definition) is 5. The van der Waals surface area contributed by atoms with Crippen LogP contribution in [-0.2, 0) is 13.8 Å². The second kappa shape index (κ2) is 16.1. The first-order valence-corrected chi connectivity index (χ1v) is 8.44. The molecule has 0 aromatic heterocycles. The van der Waals surface area contributed by atoms with Gasteiger partial charge in [-0.05, 0) is 19.5 Å². The molecular weight excluding hydrogens is 269 g/mol. The molecule has 7 heteroatoms. The fourth-order valence-electron chi connectivity index (χ4n) is 1.19. The fraction of sp³-hybridized carbons (Fsp3) is 1.00. The third kappa shape index (κ3) is 27.3. The van der Waals surface area contributed by atoms with E-state index in [2.05, 4.69) is 30.6 Å². The Hall–Kier alpha value is 0.0300. The number of ether oxygens (including phenoxy) is 1. The van der Waals surface area contributed by atoms with Crippen LogP contribution < -0.4 is 10.2 Å². The summed E-state index contributed by atoms with van der Waals surface area (Å²) >= 11 is 0. The zero-order valence-electron chi connectivity index (χ0n) is 12.4. The molecule has 1 atom stereocenters. The molecule has 0 bridgehead atoms. The topological polar surface area (TPSA) is 90.9 Å². The Kier molecular flexibility index (Phi) is 18.1. The average Bonchev–Trinajstić information content (AvgIpc) is 2.33. The first-order chi connectivity index (χ1) is 8.97. The summed E-state index contributed by atoms with van der Waals surface area (Å²) in [7, 11) is -4.56. The van der Waals surface area contributed by atoms with E-state index in [9.17, 15) is 9.46 Å². The molecular formula is C12H29NO5P-. The highest BCUT2D eigenvalue weighted by atomic mass is 31.2. The highest BCUT2D eigenvalue weighted by Crippen LogP contribution is 2.29. The number of rotatable bonds is 11.